The molecule has 0 radical (unpaired) electrons. The first-order valence-electron chi connectivity index (χ1n) is 6.28. The molecule has 0 N–H and O–H groups in total. The Labute approximate surface area is 138 Å². The average Bonchev–Trinajstić information content (AvgIpc) is 3.10. The molecule has 20 heavy (non-hydrogen) atoms. The summed E-state index contributed by atoms with van der Waals surface area (Å²) in [7, 11) is 0. The summed E-state index contributed by atoms with van der Waals surface area (Å²) in [5.41, 5.74) is 2.36. The molecule has 1 unspecified atom stereocenters. The number of halogens is 2. The topological polar surface area (TPSA) is 9.23 Å². The van der Waals surface area contributed by atoms with Crippen molar-refractivity contribution in [3.05, 3.63) is 50.7 Å². The maximum absolute atomic E-state index is 6.25. The molecule has 1 atom stereocenters. The average molecular weight is 386 g/mol. The summed E-state index contributed by atoms with van der Waals surface area (Å²) in [5.74, 6) is 1.01. The van der Waals surface area contributed by atoms with E-state index in [9.17, 15) is 0 Å². The Balaban J connectivity index is 1.82. The third kappa shape index (κ3) is 2.10. The number of alkyl halides is 1. The van der Waals surface area contributed by atoms with E-state index in [1.807, 2.05) is 23.5 Å². The molecule has 1 aromatic carbocycles. The molecule has 3 heterocycles. The lowest BCUT2D eigenvalue weighted by molar-refractivity contribution is 0.354. The van der Waals surface area contributed by atoms with Crippen LogP contribution in [0.15, 0.2) is 29.6 Å². The number of benzene rings is 1. The maximum Gasteiger partial charge on any atom is 0.127 e. The maximum atomic E-state index is 6.25. The number of fused-ring (bicyclic) bond motifs is 2. The molecule has 0 bridgehead atoms. The van der Waals surface area contributed by atoms with E-state index >= 15 is 0 Å². The van der Waals surface area contributed by atoms with Gasteiger partial charge in [-0.25, -0.2) is 0 Å². The molecule has 3 aromatic rings. The predicted molar refractivity (Wildman–Crippen MR) is 91.1 cm³/mol. The molecule has 0 fully saturated rings. The van der Waals surface area contributed by atoms with Crippen LogP contribution in [0.25, 0.3) is 9.40 Å². The molecule has 1 nitrogen and oxygen atoms in total. The van der Waals surface area contributed by atoms with Crippen LogP contribution >= 0.6 is 50.2 Å². The van der Waals surface area contributed by atoms with Gasteiger partial charge in [-0.2, -0.15) is 0 Å². The summed E-state index contributed by atoms with van der Waals surface area (Å²) in [6.07, 6.45) is 0.947. The van der Waals surface area contributed by atoms with Gasteiger partial charge >= 0.3 is 0 Å². The summed E-state index contributed by atoms with van der Waals surface area (Å²) in [6.45, 7) is 0.752. The number of rotatable bonds is 2. The van der Waals surface area contributed by atoms with Gasteiger partial charge in [-0.3, -0.25) is 0 Å². The van der Waals surface area contributed by atoms with Gasteiger partial charge in [-0.15, -0.1) is 22.7 Å². The minimum Gasteiger partial charge on any atom is -0.493 e. The van der Waals surface area contributed by atoms with Crippen molar-refractivity contribution in [3.8, 4) is 5.75 Å². The lowest BCUT2D eigenvalue weighted by Gasteiger charge is -2.13. The Morgan fingerprint density at radius 3 is 3.00 bits per heavy atom. The van der Waals surface area contributed by atoms with Crippen molar-refractivity contribution in [3.63, 3.8) is 0 Å². The largest absolute Gasteiger partial charge is 0.493 e. The minimum absolute atomic E-state index is 0.137. The van der Waals surface area contributed by atoms with Crippen molar-refractivity contribution in [2.24, 2.45) is 0 Å². The first kappa shape index (κ1) is 13.1. The number of hydrogen-bond acceptors (Lipinski definition) is 3. The highest BCUT2D eigenvalue weighted by atomic mass is 79.9. The zero-order valence-electron chi connectivity index (χ0n) is 10.4. The SMILES string of the molecule is Clc1cc2c(c(C(Br)c3cc4sccc4s3)c1)OCC2. The van der Waals surface area contributed by atoms with E-state index in [0.717, 1.165) is 29.4 Å². The minimum atomic E-state index is 0.137. The van der Waals surface area contributed by atoms with Gasteiger partial charge in [0.2, 0.25) is 0 Å². The Hall–Kier alpha value is -0.550. The van der Waals surface area contributed by atoms with Crippen LogP contribution in [0, 0.1) is 0 Å². The zero-order valence-corrected chi connectivity index (χ0v) is 14.3. The van der Waals surface area contributed by atoms with E-state index in [1.165, 1.54) is 19.8 Å². The third-order valence-electron chi connectivity index (χ3n) is 3.46. The van der Waals surface area contributed by atoms with Gasteiger partial charge < -0.3 is 4.74 Å². The van der Waals surface area contributed by atoms with Crippen LogP contribution in [0.2, 0.25) is 5.02 Å². The smallest absolute Gasteiger partial charge is 0.127 e. The summed E-state index contributed by atoms with van der Waals surface area (Å²) in [6, 6.07) is 8.46. The molecule has 0 aliphatic carbocycles. The van der Waals surface area contributed by atoms with E-state index in [0.29, 0.717) is 0 Å². The number of thiophene rings is 2. The van der Waals surface area contributed by atoms with Crippen LogP contribution in [-0.4, -0.2) is 6.61 Å². The lowest BCUT2D eigenvalue weighted by Crippen LogP contribution is -1.95. The fraction of sp³-hybridized carbons (Fsp3) is 0.200. The third-order valence-corrected chi connectivity index (χ3v) is 7.12. The monoisotopic (exact) mass is 384 g/mol. The van der Waals surface area contributed by atoms with Crippen molar-refractivity contribution in [2.45, 2.75) is 11.2 Å². The quantitative estimate of drug-likeness (QED) is 0.489. The Kier molecular flexibility index (Phi) is 3.30. The molecular weight excluding hydrogens is 376 g/mol. The first-order chi connectivity index (χ1) is 9.72. The Morgan fingerprint density at radius 1 is 1.25 bits per heavy atom. The number of hydrogen-bond donors (Lipinski definition) is 0. The van der Waals surface area contributed by atoms with Crippen molar-refractivity contribution in [1.29, 1.82) is 0 Å². The van der Waals surface area contributed by atoms with Crippen molar-refractivity contribution in [1.82, 2.24) is 0 Å². The molecule has 102 valence electrons. The number of ether oxygens (including phenoxy) is 1. The Morgan fingerprint density at radius 2 is 2.15 bits per heavy atom. The van der Waals surface area contributed by atoms with Crippen LogP contribution < -0.4 is 4.74 Å². The van der Waals surface area contributed by atoms with Gasteiger partial charge in [0.05, 0.1) is 11.4 Å². The fourth-order valence-corrected chi connectivity index (χ4v) is 5.67. The van der Waals surface area contributed by atoms with Gasteiger partial charge in [0, 0.05) is 31.3 Å². The van der Waals surface area contributed by atoms with E-state index in [-0.39, 0.29) is 4.83 Å². The predicted octanol–water partition coefficient (Wildman–Crippen LogP) is 6.04. The fourth-order valence-electron chi connectivity index (χ4n) is 2.55. The van der Waals surface area contributed by atoms with E-state index in [2.05, 4.69) is 33.4 Å². The van der Waals surface area contributed by atoms with Gasteiger partial charge in [0.25, 0.3) is 0 Å². The van der Waals surface area contributed by atoms with Gasteiger partial charge in [-0.05, 0) is 35.2 Å². The van der Waals surface area contributed by atoms with Gasteiger partial charge in [0.15, 0.2) is 0 Å². The van der Waals surface area contributed by atoms with Crippen LogP contribution in [-0.2, 0) is 6.42 Å². The second-order valence-corrected chi connectivity index (χ2v) is 8.16. The zero-order chi connectivity index (χ0) is 13.7. The molecule has 0 amide bonds. The summed E-state index contributed by atoms with van der Waals surface area (Å²) in [5, 5.41) is 2.92. The van der Waals surface area contributed by atoms with Gasteiger partial charge in [0.1, 0.15) is 5.75 Å². The van der Waals surface area contributed by atoms with E-state index < -0.39 is 0 Å². The highest BCUT2D eigenvalue weighted by Crippen LogP contribution is 2.45. The van der Waals surface area contributed by atoms with Gasteiger partial charge in [-0.1, -0.05) is 27.5 Å². The molecule has 0 spiro atoms. The van der Waals surface area contributed by atoms with E-state index in [4.69, 9.17) is 16.3 Å². The molecular formula is C15H10BrClOS2. The molecule has 4 rings (SSSR count). The van der Waals surface area contributed by atoms with Crippen molar-refractivity contribution in [2.75, 3.05) is 6.61 Å². The van der Waals surface area contributed by atoms with E-state index in [1.54, 1.807) is 11.3 Å². The molecule has 0 saturated heterocycles. The Bertz CT molecular complexity index is 764. The van der Waals surface area contributed by atoms with Crippen LogP contribution in [0.4, 0.5) is 0 Å². The standard InChI is InChI=1S/C15H10BrClOS2/c16-14(13-7-12-11(20-13)2-4-19-12)10-6-9(17)5-8-1-3-18-15(8)10/h2,4-7,14H,1,3H2. The summed E-state index contributed by atoms with van der Waals surface area (Å²) >= 11 is 13.7. The van der Waals surface area contributed by atoms with Crippen molar-refractivity contribution < 1.29 is 4.74 Å². The van der Waals surface area contributed by atoms with Crippen LogP contribution in [0.1, 0.15) is 20.8 Å². The lowest BCUT2D eigenvalue weighted by atomic mass is 10.0. The molecule has 5 heteroatoms. The highest BCUT2D eigenvalue weighted by molar-refractivity contribution is 9.09. The highest BCUT2D eigenvalue weighted by Gasteiger charge is 2.24. The van der Waals surface area contributed by atoms with Crippen molar-refractivity contribution >= 4 is 59.6 Å². The molecule has 2 aromatic heterocycles. The first-order valence-corrected chi connectivity index (χ1v) is 9.27. The van der Waals surface area contributed by atoms with Crippen LogP contribution in [0.5, 0.6) is 5.75 Å². The molecule has 1 aliphatic rings. The normalized spacial score (nSPS) is 15.3. The molecule has 0 saturated carbocycles. The molecule has 1 aliphatic heterocycles. The van der Waals surface area contributed by atoms with Crippen LogP contribution in [0.3, 0.4) is 0 Å². The second-order valence-electron chi connectivity index (χ2n) is 4.74. The second kappa shape index (κ2) is 5.02. The summed E-state index contributed by atoms with van der Waals surface area (Å²) in [4.78, 5) is 1.43. The summed E-state index contributed by atoms with van der Waals surface area (Å²) < 4.78 is 8.48.